The van der Waals surface area contributed by atoms with Crippen LogP contribution in [0.1, 0.15) is 42.1 Å². The van der Waals surface area contributed by atoms with Gasteiger partial charge in [-0.1, -0.05) is 25.5 Å². The zero-order valence-corrected chi connectivity index (χ0v) is 15.9. The molecule has 0 N–H and O–H groups in total. The van der Waals surface area contributed by atoms with Crippen LogP contribution in [0.2, 0.25) is 0 Å². The molecular formula is C22H29N3. The first-order chi connectivity index (χ1) is 12.0. The van der Waals surface area contributed by atoms with E-state index in [2.05, 4.69) is 78.5 Å². The minimum absolute atomic E-state index is 0.597. The summed E-state index contributed by atoms with van der Waals surface area (Å²) in [6, 6.07) is 9.20. The summed E-state index contributed by atoms with van der Waals surface area (Å²) in [6.07, 6.45) is 5.69. The van der Waals surface area contributed by atoms with Crippen molar-refractivity contribution in [2.24, 2.45) is 0 Å². The van der Waals surface area contributed by atoms with Crippen molar-refractivity contribution in [1.82, 2.24) is 14.0 Å². The SMILES string of the molecule is Cc1ccc2c(c1)c1c(n2CCn2ccc(C(C)C)c2)CCN(C)C1. The van der Waals surface area contributed by atoms with Crippen LogP contribution in [0, 0.1) is 6.92 Å². The average Bonchev–Trinajstić information content (AvgIpc) is 3.16. The van der Waals surface area contributed by atoms with Gasteiger partial charge < -0.3 is 14.0 Å². The van der Waals surface area contributed by atoms with E-state index in [1.54, 1.807) is 11.3 Å². The first-order valence-electron chi connectivity index (χ1n) is 9.47. The number of hydrogen-bond donors (Lipinski definition) is 0. The lowest BCUT2D eigenvalue weighted by atomic mass is 10.0. The van der Waals surface area contributed by atoms with Gasteiger partial charge in [0.25, 0.3) is 0 Å². The summed E-state index contributed by atoms with van der Waals surface area (Å²) >= 11 is 0. The quantitative estimate of drug-likeness (QED) is 0.681. The molecule has 2 aromatic heterocycles. The average molecular weight is 335 g/mol. The van der Waals surface area contributed by atoms with Crippen molar-refractivity contribution in [1.29, 1.82) is 0 Å². The van der Waals surface area contributed by atoms with Crippen molar-refractivity contribution >= 4 is 10.9 Å². The van der Waals surface area contributed by atoms with Gasteiger partial charge in [0.05, 0.1) is 0 Å². The monoisotopic (exact) mass is 335 g/mol. The van der Waals surface area contributed by atoms with Gasteiger partial charge in [0.15, 0.2) is 0 Å². The van der Waals surface area contributed by atoms with E-state index in [9.17, 15) is 0 Å². The molecule has 1 aliphatic rings. The predicted octanol–water partition coefficient (Wildman–Crippen LogP) is 4.56. The molecule has 132 valence electrons. The molecule has 4 rings (SSSR count). The maximum atomic E-state index is 2.58. The maximum Gasteiger partial charge on any atom is 0.0486 e. The van der Waals surface area contributed by atoms with Crippen molar-refractivity contribution in [3.63, 3.8) is 0 Å². The first kappa shape index (κ1) is 16.5. The maximum absolute atomic E-state index is 2.58. The largest absolute Gasteiger partial charge is 0.352 e. The van der Waals surface area contributed by atoms with Gasteiger partial charge in [0.1, 0.15) is 0 Å². The summed E-state index contributed by atoms with van der Waals surface area (Å²) in [5.41, 5.74) is 7.28. The first-order valence-corrected chi connectivity index (χ1v) is 9.47. The summed E-state index contributed by atoms with van der Waals surface area (Å²) in [5.74, 6) is 0.597. The zero-order chi connectivity index (χ0) is 17.6. The third-order valence-corrected chi connectivity index (χ3v) is 5.62. The van der Waals surface area contributed by atoms with E-state index in [4.69, 9.17) is 0 Å². The van der Waals surface area contributed by atoms with Gasteiger partial charge in [0.2, 0.25) is 0 Å². The fourth-order valence-electron chi connectivity index (χ4n) is 4.11. The summed E-state index contributed by atoms with van der Waals surface area (Å²) < 4.78 is 4.92. The molecule has 0 aliphatic carbocycles. The fourth-order valence-corrected chi connectivity index (χ4v) is 4.11. The lowest BCUT2D eigenvalue weighted by Crippen LogP contribution is -2.27. The Morgan fingerprint density at radius 1 is 1.12 bits per heavy atom. The van der Waals surface area contributed by atoms with Crippen LogP contribution >= 0.6 is 0 Å². The van der Waals surface area contributed by atoms with Crippen LogP contribution in [0.4, 0.5) is 0 Å². The van der Waals surface area contributed by atoms with Gasteiger partial charge in [-0.15, -0.1) is 0 Å². The van der Waals surface area contributed by atoms with E-state index < -0.39 is 0 Å². The van der Waals surface area contributed by atoms with Crippen LogP contribution in [0.5, 0.6) is 0 Å². The zero-order valence-electron chi connectivity index (χ0n) is 15.9. The number of rotatable bonds is 4. The highest BCUT2D eigenvalue weighted by molar-refractivity contribution is 5.86. The molecule has 0 bridgehead atoms. The molecule has 3 nitrogen and oxygen atoms in total. The lowest BCUT2D eigenvalue weighted by Gasteiger charge is -2.24. The Balaban J connectivity index is 1.69. The van der Waals surface area contributed by atoms with E-state index in [0.29, 0.717) is 5.92 Å². The van der Waals surface area contributed by atoms with Crippen molar-refractivity contribution in [3.05, 3.63) is 59.0 Å². The highest BCUT2D eigenvalue weighted by atomic mass is 15.1. The Morgan fingerprint density at radius 2 is 1.96 bits per heavy atom. The molecule has 0 atom stereocenters. The molecule has 1 aromatic carbocycles. The van der Waals surface area contributed by atoms with Gasteiger partial charge >= 0.3 is 0 Å². The second-order valence-corrected chi connectivity index (χ2v) is 7.92. The molecular weight excluding hydrogens is 306 g/mol. The molecule has 0 unspecified atom stereocenters. The van der Waals surface area contributed by atoms with Crippen molar-refractivity contribution < 1.29 is 0 Å². The fraction of sp³-hybridized carbons (Fsp3) is 0.455. The lowest BCUT2D eigenvalue weighted by molar-refractivity contribution is 0.308. The molecule has 0 fully saturated rings. The number of fused-ring (bicyclic) bond motifs is 3. The molecule has 1 aliphatic heterocycles. The second-order valence-electron chi connectivity index (χ2n) is 7.92. The number of aryl methyl sites for hydroxylation is 3. The highest BCUT2D eigenvalue weighted by Gasteiger charge is 2.22. The van der Waals surface area contributed by atoms with Gasteiger partial charge in [-0.25, -0.2) is 0 Å². The summed E-state index contributed by atoms with van der Waals surface area (Å²) in [4.78, 5) is 2.44. The van der Waals surface area contributed by atoms with Gasteiger partial charge in [-0.05, 0) is 49.2 Å². The highest BCUT2D eigenvalue weighted by Crippen LogP contribution is 2.31. The molecule has 3 heterocycles. The molecule has 0 spiro atoms. The molecule has 25 heavy (non-hydrogen) atoms. The van der Waals surface area contributed by atoms with Crippen LogP contribution in [0.15, 0.2) is 36.7 Å². The van der Waals surface area contributed by atoms with Crippen molar-refractivity contribution in [2.75, 3.05) is 13.6 Å². The van der Waals surface area contributed by atoms with E-state index in [-0.39, 0.29) is 0 Å². The third kappa shape index (κ3) is 3.02. The number of nitrogens with zero attached hydrogens (tertiary/aromatic N) is 3. The van der Waals surface area contributed by atoms with Crippen molar-refractivity contribution in [3.8, 4) is 0 Å². The number of aromatic nitrogens is 2. The minimum Gasteiger partial charge on any atom is -0.352 e. The Kier molecular flexibility index (Phi) is 4.20. The van der Waals surface area contributed by atoms with Crippen LogP contribution in [0.25, 0.3) is 10.9 Å². The van der Waals surface area contributed by atoms with Gasteiger partial charge in [-0.3, -0.25) is 0 Å². The number of likely N-dealkylation sites (N-methyl/N-ethyl adjacent to an activating group) is 1. The number of hydrogen-bond acceptors (Lipinski definition) is 1. The molecule has 3 aromatic rings. The Morgan fingerprint density at radius 3 is 2.72 bits per heavy atom. The van der Waals surface area contributed by atoms with Gasteiger partial charge in [-0.2, -0.15) is 0 Å². The van der Waals surface area contributed by atoms with E-state index in [0.717, 1.165) is 32.6 Å². The summed E-state index contributed by atoms with van der Waals surface area (Å²) in [6.45, 7) is 11.0. The molecule has 0 radical (unpaired) electrons. The molecule has 0 saturated heterocycles. The predicted molar refractivity (Wildman–Crippen MR) is 105 cm³/mol. The topological polar surface area (TPSA) is 13.1 Å². The molecule has 3 heteroatoms. The smallest absolute Gasteiger partial charge is 0.0486 e. The summed E-state index contributed by atoms with van der Waals surface area (Å²) in [5, 5.41) is 1.46. The van der Waals surface area contributed by atoms with Crippen LogP contribution in [-0.2, 0) is 26.1 Å². The normalized spacial score (nSPS) is 15.2. The standard InChI is InChI=1S/C22H29N3/c1-16(2)18-7-10-24(14-18)11-12-25-21-6-5-17(3)13-19(21)20-15-23(4)9-8-22(20)25/h5-7,10,13-14,16H,8-9,11-12,15H2,1-4H3. The van der Waals surface area contributed by atoms with Crippen LogP contribution in [0.3, 0.4) is 0 Å². The van der Waals surface area contributed by atoms with E-state index in [1.165, 1.54) is 22.0 Å². The second kappa shape index (κ2) is 6.38. The number of benzene rings is 1. The summed E-state index contributed by atoms with van der Waals surface area (Å²) in [7, 11) is 2.23. The Hall–Kier alpha value is -2.00. The Labute approximate surface area is 150 Å². The molecule has 0 amide bonds. The van der Waals surface area contributed by atoms with E-state index in [1.807, 2.05) is 0 Å². The van der Waals surface area contributed by atoms with Crippen molar-refractivity contribution in [2.45, 2.75) is 52.7 Å². The minimum atomic E-state index is 0.597. The molecule has 0 saturated carbocycles. The Bertz CT molecular complexity index is 898. The van der Waals surface area contributed by atoms with E-state index >= 15 is 0 Å². The third-order valence-electron chi connectivity index (χ3n) is 5.62. The van der Waals surface area contributed by atoms with Crippen LogP contribution < -0.4 is 0 Å². The van der Waals surface area contributed by atoms with Gasteiger partial charge in [0, 0.05) is 61.6 Å². The van der Waals surface area contributed by atoms with Crippen LogP contribution in [-0.4, -0.2) is 27.6 Å².